The minimum atomic E-state index is -0.319. The van der Waals surface area contributed by atoms with Gasteiger partial charge in [-0.15, -0.1) is 0 Å². The molecule has 0 N–H and O–H groups in total. The van der Waals surface area contributed by atoms with Crippen molar-refractivity contribution in [1.29, 1.82) is 0 Å². The van der Waals surface area contributed by atoms with Gasteiger partial charge in [-0.05, 0) is 35.9 Å². The molecule has 1 unspecified atom stereocenters. The molecule has 0 aliphatic carbocycles. The van der Waals surface area contributed by atoms with Gasteiger partial charge in [0.15, 0.2) is 0 Å². The molecule has 0 radical (unpaired) electrons. The van der Waals surface area contributed by atoms with Gasteiger partial charge in [-0.2, -0.15) is 10.1 Å². The van der Waals surface area contributed by atoms with Crippen LogP contribution in [-0.2, 0) is 4.79 Å². The highest BCUT2D eigenvalue weighted by Gasteiger charge is 2.34. The van der Waals surface area contributed by atoms with Crippen molar-refractivity contribution in [1.82, 2.24) is 4.98 Å². The van der Waals surface area contributed by atoms with Crippen molar-refractivity contribution in [3.8, 4) is 0 Å². The number of carbonyl (C=O) groups is 1. The molecule has 5 heteroatoms. The first kappa shape index (κ1) is 16.7. The normalized spacial score (nSPS) is 17.1. The van der Waals surface area contributed by atoms with Crippen LogP contribution in [0.1, 0.15) is 23.6 Å². The van der Waals surface area contributed by atoms with Gasteiger partial charge in [-0.3, -0.25) is 9.78 Å². The summed E-state index contributed by atoms with van der Waals surface area (Å²) in [4.78, 5) is 17.7. The van der Waals surface area contributed by atoms with Crippen LogP contribution in [0.4, 0.5) is 5.69 Å². The van der Waals surface area contributed by atoms with Gasteiger partial charge in [0.1, 0.15) is 0 Å². The lowest BCUT2D eigenvalue weighted by atomic mass is 9.90. The molecule has 0 saturated carbocycles. The summed E-state index contributed by atoms with van der Waals surface area (Å²) < 4.78 is 0.925. The van der Waals surface area contributed by atoms with Gasteiger partial charge < -0.3 is 0 Å². The number of hydrogen-bond donors (Lipinski definition) is 0. The van der Waals surface area contributed by atoms with Crippen molar-refractivity contribution >= 4 is 33.2 Å². The highest BCUT2D eigenvalue weighted by Crippen LogP contribution is 2.34. The van der Waals surface area contributed by atoms with Crippen molar-refractivity contribution in [2.24, 2.45) is 5.10 Å². The molecule has 0 bridgehead atoms. The van der Waals surface area contributed by atoms with E-state index in [9.17, 15) is 4.79 Å². The summed E-state index contributed by atoms with van der Waals surface area (Å²) in [6.45, 7) is 0. The van der Waals surface area contributed by atoms with Gasteiger partial charge in [-0.25, -0.2) is 0 Å². The van der Waals surface area contributed by atoms with Crippen LogP contribution < -0.4 is 5.01 Å². The van der Waals surface area contributed by atoms with Crippen LogP contribution in [0, 0.1) is 0 Å². The smallest absolute Gasteiger partial charge is 0.255 e. The van der Waals surface area contributed by atoms with E-state index in [1.165, 1.54) is 5.01 Å². The van der Waals surface area contributed by atoms with Crippen LogP contribution in [0.15, 0.2) is 88.6 Å². The van der Waals surface area contributed by atoms with Gasteiger partial charge >= 0.3 is 0 Å². The molecule has 4 rings (SSSR count). The second kappa shape index (κ2) is 7.22. The van der Waals surface area contributed by atoms with Gasteiger partial charge in [0.05, 0.1) is 23.0 Å². The van der Waals surface area contributed by atoms with E-state index in [2.05, 4.69) is 26.0 Å². The van der Waals surface area contributed by atoms with Gasteiger partial charge in [0.2, 0.25) is 0 Å². The van der Waals surface area contributed by atoms with Crippen molar-refractivity contribution < 1.29 is 4.79 Å². The van der Waals surface area contributed by atoms with Crippen LogP contribution in [0.3, 0.4) is 0 Å². The average molecular weight is 406 g/mol. The summed E-state index contributed by atoms with van der Waals surface area (Å²) in [5.74, 6) is -0.358. The van der Waals surface area contributed by atoms with E-state index >= 15 is 0 Å². The number of carbonyl (C=O) groups excluding carboxylic acids is 1. The molecular weight excluding hydrogens is 390 g/mol. The van der Waals surface area contributed by atoms with Crippen molar-refractivity contribution in [2.75, 3.05) is 5.01 Å². The number of pyridine rings is 1. The minimum absolute atomic E-state index is 0.0391. The van der Waals surface area contributed by atoms with E-state index in [0.717, 1.165) is 27.1 Å². The van der Waals surface area contributed by atoms with Crippen LogP contribution >= 0.6 is 15.9 Å². The van der Waals surface area contributed by atoms with E-state index in [1.54, 1.807) is 6.20 Å². The van der Waals surface area contributed by atoms with E-state index < -0.39 is 0 Å². The van der Waals surface area contributed by atoms with Crippen LogP contribution in [-0.4, -0.2) is 16.6 Å². The monoisotopic (exact) mass is 405 g/mol. The molecule has 0 saturated heterocycles. The van der Waals surface area contributed by atoms with Crippen LogP contribution in [0.25, 0.3) is 0 Å². The predicted molar refractivity (Wildman–Crippen MR) is 106 cm³/mol. The SMILES string of the molecule is O=C1C(c2ccccc2Br)CC(c2ccccn2)=NN1c1ccccc1. The topological polar surface area (TPSA) is 45.6 Å². The lowest BCUT2D eigenvalue weighted by Gasteiger charge is -2.30. The third-order valence-electron chi connectivity index (χ3n) is 4.37. The number of amides is 1. The maximum atomic E-state index is 13.2. The average Bonchev–Trinajstić information content (AvgIpc) is 2.70. The molecule has 128 valence electrons. The number of benzene rings is 2. The Kier molecular flexibility index (Phi) is 4.63. The van der Waals surface area contributed by atoms with Crippen molar-refractivity contribution in [3.63, 3.8) is 0 Å². The molecule has 26 heavy (non-hydrogen) atoms. The molecule has 1 atom stereocenters. The van der Waals surface area contributed by atoms with Crippen molar-refractivity contribution in [2.45, 2.75) is 12.3 Å². The zero-order valence-corrected chi connectivity index (χ0v) is 15.5. The maximum absolute atomic E-state index is 13.2. The first-order chi connectivity index (χ1) is 12.7. The third kappa shape index (κ3) is 3.18. The largest absolute Gasteiger partial charge is 0.272 e. The van der Waals surface area contributed by atoms with Crippen LogP contribution in [0.2, 0.25) is 0 Å². The summed E-state index contributed by atoms with van der Waals surface area (Å²) in [5, 5.41) is 6.13. The number of aromatic nitrogens is 1. The van der Waals surface area contributed by atoms with E-state index in [-0.39, 0.29) is 11.8 Å². The molecule has 3 aromatic rings. The van der Waals surface area contributed by atoms with Crippen molar-refractivity contribution in [3.05, 3.63) is 94.7 Å². The molecular formula is C21H16BrN3O. The molecule has 1 aromatic heterocycles. The Labute approximate surface area is 160 Å². The minimum Gasteiger partial charge on any atom is -0.272 e. The Morgan fingerprint density at radius 2 is 1.65 bits per heavy atom. The molecule has 1 amide bonds. The zero-order valence-electron chi connectivity index (χ0n) is 13.9. The predicted octanol–water partition coefficient (Wildman–Crippen LogP) is 4.77. The molecule has 1 aliphatic heterocycles. The fraction of sp³-hybridized carbons (Fsp3) is 0.0952. The first-order valence-electron chi connectivity index (χ1n) is 8.36. The van der Waals surface area contributed by atoms with Crippen LogP contribution in [0.5, 0.6) is 0 Å². The Morgan fingerprint density at radius 3 is 2.38 bits per heavy atom. The fourth-order valence-electron chi connectivity index (χ4n) is 3.08. The van der Waals surface area contributed by atoms with E-state index in [1.807, 2.05) is 72.8 Å². The highest BCUT2D eigenvalue weighted by atomic mass is 79.9. The highest BCUT2D eigenvalue weighted by molar-refractivity contribution is 9.10. The summed E-state index contributed by atoms with van der Waals surface area (Å²) in [6.07, 6.45) is 2.26. The Balaban J connectivity index is 1.82. The lowest BCUT2D eigenvalue weighted by Crippen LogP contribution is -2.38. The van der Waals surface area contributed by atoms with Gasteiger partial charge in [-0.1, -0.05) is 58.4 Å². The zero-order chi connectivity index (χ0) is 17.9. The van der Waals surface area contributed by atoms with Gasteiger partial charge in [0.25, 0.3) is 5.91 Å². The Bertz CT molecular complexity index is 957. The molecule has 1 aliphatic rings. The van der Waals surface area contributed by atoms with E-state index in [0.29, 0.717) is 6.42 Å². The molecule has 0 spiro atoms. The molecule has 2 heterocycles. The molecule has 4 nitrogen and oxygen atoms in total. The number of nitrogens with zero attached hydrogens (tertiary/aromatic N) is 3. The summed E-state index contributed by atoms with van der Waals surface area (Å²) in [5.41, 5.74) is 3.30. The number of hydrogen-bond acceptors (Lipinski definition) is 3. The van der Waals surface area contributed by atoms with Gasteiger partial charge in [0, 0.05) is 17.1 Å². The summed E-state index contributed by atoms with van der Waals surface area (Å²) >= 11 is 3.59. The van der Waals surface area contributed by atoms with E-state index in [4.69, 9.17) is 0 Å². The molecule has 2 aromatic carbocycles. The second-order valence-electron chi connectivity index (χ2n) is 6.03. The summed E-state index contributed by atoms with van der Waals surface area (Å²) in [6, 6.07) is 23.1. The standard InChI is InChI=1S/C21H16BrN3O/c22-18-11-5-4-10-16(18)17-14-20(19-12-6-7-13-23-19)24-25(21(17)26)15-8-2-1-3-9-15/h1-13,17H,14H2. The number of hydrazone groups is 1. The summed E-state index contributed by atoms with van der Waals surface area (Å²) in [7, 11) is 0. The number of para-hydroxylation sites is 1. The third-order valence-corrected chi connectivity index (χ3v) is 5.09. The maximum Gasteiger partial charge on any atom is 0.255 e. The Hall–Kier alpha value is -2.79. The number of anilines is 1. The Morgan fingerprint density at radius 1 is 0.923 bits per heavy atom. The number of rotatable bonds is 3. The quantitative estimate of drug-likeness (QED) is 0.629. The fourth-order valence-corrected chi connectivity index (χ4v) is 3.64. The first-order valence-corrected chi connectivity index (χ1v) is 9.15. The second-order valence-corrected chi connectivity index (χ2v) is 6.88. The molecule has 0 fully saturated rings. The number of halogens is 1. The lowest BCUT2D eigenvalue weighted by molar-refractivity contribution is -0.120.